The van der Waals surface area contributed by atoms with Gasteiger partial charge in [0, 0.05) is 25.6 Å². The van der Waals surface area contributed by atoms with Gasteiger partial charge in [-0.3, -0.25) is 9.36 Å². The molecule has 1 aromatic carbocycles. The Labute approximate surface area is 164 Å². The van der Waals surface area contributed by atoms with Crippen LogP contribution in [0.25, 0.3) is 0 Å². The van der Waals surface area contributed by atoms with E-state index < -0.39 is 0 Å². The van der Waals surface area contributed by atoms with Gasteiger partial charge in [0.15, 0.2) is 0 Å². The van der Waals surface area contributed by atoms with Gasteiger partial charge in [-0.15, -0.1) is 10.2 Å². The summed E-state index contributed by atoms with van der Waals surface area (Å²) in [5, 5.41) is 9.30. The van der Waals surface area contributed by atoms with Gasteiger partial charge >= 0.3 is 0 Å². The molecule has 2 heterocycles. The van der Waals surface area contributed by atoms with Crippen LogP contribution in [0.1, 0.15) is 48.6 Å². The van der Waals surface area contributed by atoms with Gasteiger partial charge in [0.25, 0.3) is 0 Å². The van der Waals surface area contributed by atoms with Crippen molar-refractivity contribution < 1.29 is 9.53 Å². The topological polar surface area (TPSA) is 86.3 Å². The second-order valence-electron chi connectivity index (χ2n) is 8.31. The highest BCUT2D eigenvalue weighted by Crippen LogP contribution is 2.40. The first-order valence-corrected chi connectivity index (χ1v) is 10.3. The van der Waals surface area contributed by atoms with Crippen molar-refractivity contribution in [3.05, 3.63) is 41.2 Å². The molecule has 2 fully saturated rings. The molecule has 1 amide bonds. The van der Waals surface area contributed by atoms with Crippen LogP contribution < -0.4 is 10.6 Å². The fraction of sp³-hybridized carbons (Fsp3) is 0.571. The van der Waals surface area contributed by atoms with E-state index in [9.17, 15) is 4.79 Å². The number of anilines is 1. The Morgan fingerprint density at radius 3 is 2.89 bits per heavy atom. The van der Waals surface area contributed by atoms with Gasteiger partial charge in [-0.25, -0.2) is 0 Å². The molecule has 5 rings (SSSR count). The summed E-state index contributed by atoms with van der Waals surface area (Å²) < 4.78 is 8.07. The number of aryl methyl sites for hydroxylation is 1. The second kappa shape index (κ2) is 7.20. The van der Waals surface area contributed by atoms with E-state index >= 15 is 0 Å². The number of ether oxygens (including phenoxy) is 1. The molecule has 2 aliphatic carbocycles. The largest absolute Gasteiger partial charge is 0.374 e. The number of aromatic nitrogens is 3. The normalized spacial score (nSPS) is 24.4. The van der Waals surface area contributed by atoms with E-state index in [2.05, 4.69) is 43.9 Å². The van der Waals surface area contributed by atoms with Crippen LogP contribution >= 0.6 is 0 Å². The average Bonchev–Trinajstić information content (AvgIpc) is 3.25. The smallest absolute Gasteiger partial charge is 0.227 e. The quantitative estimate of drug-likeness (QED) is 0.825. The van der Waals surface area contributed by atoms with Crippen molar-refractivity contribution in [2.24, 2.45) is 11.7 Å². The summed E-state index contributed by atoms with van der Waals surface area (Å²) in [5.74, 6) is 2.73. The van der Waals surface area contributed by atoms with Gasteiger partial charge in [-0.1, -0.05) is 24.3 Å². The van der Waals surface area contributed by atoms with Gasteiger partial charge in [-0.05, 0) is 42.7 Å². The van der Waals surface area contributed by atoms with Crippen LogP contribution in [0.5, 0.6) is 0 Å². The molecule has 1 aliphatic heterocycles. The third kappa shape index (κ3) is 3.39. The number of benzene rings is 1. The summed E-state index contributed by atoms with van der Waals surface area (Å²) in [5.41, 5.74) is 8.20. The van der Waals surface area contributed by atoms with Crippen LogP contribution in [-0.4, -0.2) is 46.5 Å². The van der Waals surface area contributed by atoms with Crippen molar-refractivity contribution in [2.75, 3.05) is 24.6 Å². The second-order valence-corrected chi connectivity index (χ2v) is 8.31. The van der Waals surface area contributed by atoms with Crippen LogP contribution in [0.4, 0.5) is 5.95 Å². The minimum atomic E-state index is -0.324. The highest BCUT2D eigenvalue weighted by molar-refractivity contribution is 5.74. The van der Waals surface area contributed by atoms with E-state index in [1.54, 1.807) is 0 Å². The minimum Gasteiger partial charge on any atom is -0.374 e. The van der Waals surface area contributed by atoms with Crippen molar-refractivity contribution in [1.29, 1.82) is 0 Å². The molecule has 2 unspecified atom stereocenters. The summed E-state index contributed by atoms with van der Waals surface area (Å²) >= 11 is 0. The number of rotatable bonds is 6. The SMILES string of the molecule is NC(=O)CC1CN(c2nnc(C3CCc4ccccc43)n2CC2CC2)CCO1. The first-order chi connectivity index (χ1) is 13.7. The predicted molar refractivity (Wildman–Crippen MR) is 105 cm³/mol. The summed E-state index contributed by atoms with van der Waals surface area (Å²) in [6.07, 6.45) is 4.83. The van der Waals surface area contributed by atoms with Crippen molar-refractivity contribution >= 4 is 11.9 Å². The predicted octanol–water partition coefficient (Wildman–Crippen LogP) is 1.85. The maximum atomic E-state index is 11.3. The van der Waals surface area contributed by atoms with Crippen molar-refractivity contribution in [1.82, 2.24) is 14.8 Å². The molecule has 28 heavy (non-hydrogen) atoms. The minimum absolute atomic E-state index is 0.173. The van der Waals surface area contributed by atoms with Crippen LogP contribution in [0.3, 0.4) is 0 Å². The van der Waals surface area contributed by atoms with E-state index in [0.29, 0.717) is 19.1 Å². The van der Waals surface area contributed by atoms with Crippen LogP contribution in [0.15, 0.2) is 24.3 Å². The summed E-state index contributed by atoms with van der Waals surface area (Å²) in [6.45, 7) is 2.95. The van der Waals surface area contributed by atoms with Gasteiger partial charge in [0.2, 0.25) is 11.9 Å². The number of hydrogen-bond donors (Lipinski definition) is 1. The lowest BCUT2D eigenvalue weighted by atomic mass is 10.0. The van der Waals surface area contributed by atoms with Gasteiger partial charge < -0.3 is 15.4 Å². The van der Waals surface area contributed by atoms with E-state index in [-0.39, 0.29) is 18.4 Å². The molecule has 1 aromatic heterocycles. The molecular formula is C21H27N5O2. The number of hydrogen-bond acceptors (Lipinski definition) is 5. The third-order valence-electron chi connectivity index (χ3n) is 6.19. The highest BCUT2D eigenvalue weighted by atomic mass is 16.5. The van der Waals surface area contributed by atoms with Crippen molar-refractivity contribution in [3.63, 3.8) is 0 Å². The number of fused-ring (bicyclic) bond motifs is 1. The molecule has 0 radical (unpaired) electrons. The maximum Gasteiger partial charge on any atom is 0.227 e. The molecule has 0 bridgehead atoms. The fourth-order valence-electron chi connectivity index (χ4n) is 4.61. The standard InChI is InChI=1S/C21H27N5O2/c22-19(27)11-16-13-25(9-10-28-16)21-24-23-20(26(21)12-14-5-6-14)18-8-7-15-3-1-2-4-17(15)18/h1-4,14,16,18H,5-13H2,(H2,22,27). The van der Waals surface area contributed by atoms with E-state index in [4.69, 9.17) is 10.5 Å². The average molecular weight is 381 g/mol. The first-order valence-electron chi connectivity index (χ1n) is 10.3. The van der Waals surface area contributed by atoms with Gasteiger partial charge in [0.05, 0.1) is 19.1 Å². The third-order valence-corrected chi connectivity index (χ3v) is 6.19. The fourth-order valence-corrected chi connectivity index (χ4v) is 4.61. The molecule has 2 atom stereocenters. The molecule has 7 heteroatoms. The number of carbonyl (C=O) groups excluding carboxylic acids is 1. The van der Waals surface area contributed by atoms with E-state index in [1.165, 1.54) is 24.0 Å². The number of amides is 1. The monoisotopic (exact) mass is 381 g/mol. The van der Waals surface area contributed by atoms with E-state index in [1.807, 2.05) is 0 Å². The Morgan fingerprint density at radius 2 is 2.07 bits per heavy atom. The molecule has 2 N–H and O–H groups in total. The zero-order valence-corrected chi connectivity index (χ0v) is 16.1. The number of morpholine rings is 1. The van der Waals surface area contributed by atoms with Crippen molar-refractivity contribution in [3.8, 4) is 0 Å². The van der Waals surface area contributed by atoms with Crippen LogP contribution in [0, 0.1) is 5.92 Å². The first kappa shape index (κ1) is 17.7. The Balaban J connectivity index is 1.45. The lowest BCUT2D eigenvalue weighted by Crippen LogP contribution is -2.45. The Morgan fingerprint density at radius 1 is 1.21 bits per heavy atom. The summed E-state index contributed by atoms with van der Waals surface area (Å²) in [4.78, 5) is 13.5. The number of carbonyl (C=O) groups is 1. The zero-order valence-electron chi connectivity index (χ0n) is 16.1. The Bertz CT molecular complexity index is 875. The molecular weight excluding hydrogens is 354 g/mol. The summed E-state index contributed by atoms with van der Waals surface area (Å²) in [7, 11) is 0. The molecule has 148 valence electrons. The molecule has 1 saturated heterocycles. The number of nitrogens with two attached hydrogens (primary N) is 1. The lowest BCUT2D eigenvalue weighted by Gasteiger charge is -2.33. The Hall–Kier alpha value is -2.41. The maximum absolute atomic E-state index is 11.3. The molecule has 3 aliphatic rings. The van der Waals surface area contributed by atoms with E-state index in [0.717, 1.165) is 43.6 Å². The zero-order chi connectivity index (χ0) is 19.1. The van der Waals surface area contributed by atoms with Crippen LogP contribution in [0.2, 0.25) is 0 Å². The number of primary amides is 1. The van der Waals surface area contributed by atoms with Crippen LogP contribution in [-0.2, 0) is 22.5 Å². The van der Waals surface area contributed by atoms with Gasteiger partial charge in [0.1, 0.15) is 5.82 Å². The molecule has 2 aromatic rings. The summed E-state index contributed by atoms with van der Waals surface area (Å²) in [6, 6.07) is 8.71. The highest BCUT2D eigenvalue weighted by Gasteiger charge is 2.34. The van der Waals surface area contributed by atoms with Gasteiger partial charge in [-0.2, -0.15) is 0 Å². The van der Waals surface area contributed by atoms with Crippen molar-refractivity contribution in [2.45, 2.75) is 50.7 Å². The molecule has 1 saturated carbocycles. The molecule has 0 spiro atoms. The molecule has 7 nitrogen and oxygen atoms in total. The lowest BCUT2D eigenvalue weighted by molar-refractivity contribution is -0.121. The number of nitrogens with zero attached hydrogens (tertiary/aromatic N) is 4. The Kier molecular flexibility index (Phi) is 4.55.